The van der Waals surface area contributed by atoms with Crippen molar-refractivity contribution in [3.63, 3.8) is 0 Å². The average Bonchev–Trinajstić information content (AvgIpc) is 3.46. The first-order valence-electron chi connectivity index (χ1n) is 35.9. The molecule has 6 nitrogen and oxygen atoms in total. The fourth-order valence-electron chi connectivity index (χ4n) is 11.1. The van der Waals surface area contributed by atoms with Crippen LogP contribution < -0.4 is 5.32 Å². The van der Waals surface area contributed by atoms with Gasteiger partial charge in [-0.15, -0.1) is 0 Å². The van der Waals surface area contributed by atoms with Crippen molar-refractivity contribution >= 4 is 11.9 Å². The van der Waals surface area contributed by atoms with Gasteiger partial charge in [0, 0.05) is 12.8 Å². The first-order valence-corrected chi connectivity index (χ1v) is 35.9. The summed E-state index contributed by atoms with van der Waals surface area (Å²) in [6.45, 7) is 4.91. The summed E-state index contributed by atoms with van der Waals surface area (Å²) in [6, 6.07) is -0.541. The summed E-state index contributed by atoms with van der Waals surface area (Å²) >= 11 is 0. The molecule has 6 heteroatoms. The molecule has 0 radical (unpaired) electrons. The molecule has 80 heavy (non-hydrogen) atoms. The summed E-state index contributed by atoms with van der Waals surface area (Å²) in [5, 5.41) is 23.4. The minimum atomic E-state index is -0.664. The zero-order chi connectivity index (χ0) is 57.8. The van der Waals surface area contributed by atoms with Crippen LogP contribution in [0.3, 0.4) is 0 Å². The third kappa shape index (κ3) is 65.0. The smallest absolute Gasteiger partial charge is 0.305 e. The van der Waals surface area contributed by atoms with Gasteiger partial charge in [0.05, 0.1) is 25.4 Å². The van der Waals surface area contributed by atoms with Crippen LogP contribution in [0.1, 0.15) is 386 Å². The first kappa shape index (κ1) is 77.8. The SMILES string of the molecule is CCC/C=C\C/C=C\CCCCCCCC(=O)OCCCCCCCCCCC/C=C\C/C=C\CCCCCCCCCCCCCCCCCCCC(=O)NC(CO)C(O)CCCCCCCCCCCCCCCCCCC. The first-order chi connectivity index (χ1) is 39.5. The van der Waals surface area contributed by atoms with Gasteiger partial charge >= 0.3 is 5.97 Å². The molecule has 0 saturated carbocycles. The third-order valence-electron chi connectivity index (χ3n) is 16.6. The maximum absolute atomic E-state index is 12.5. The number of rotatable bonds is 67. The van der Waals surface area contributed by atoms with Gasteiger partial charge in [-0.3, -0.25) is 9.59 Å². The molecule has 0 saturated heterocycles. The van der Waals surface area contributed by atoms with Crippen molar-refractivity contribution in [2.45, 2.75) is 398 Å². The summed E-state index contributed by atoms with van der Waals surface area (Å²) in [5.74, 6) is -0.0313. The predicted molar refractivity (Wildman–Crippen MR) is 352 cm³/mol. The van der Waals surface area contributed by atoms with Crippen LogP contribution in [0.15, 0.2) is 48.6 Å². The van der Waals surface area contributed by atoms with E-state index in [1.54, 1.807) is 0 Å². The lowest BCUT2D eigenvalue weighted by molar-refractivity contribution is -0.143. The number of ether oxygens (including phenoxy) is 1. The van der Waals surface area contributed by atoms with Crippen LogP contribution in [-0.4, -0.2) is 47.4 Å². The third-order valence-corrected chi connectivity index (χ3v) is 16.6. The van der Waals surface area contributed by atoms with Crippen molar-refractivity contribution in [1.29, 1.82) is 0 Å². The summed E-state index contributed by atoms with van der Waals surface area (Å²) in [7, 11) is 0. The van der Waals surface area contributed by atoms with Gasteiger partial charge in [-0.05, 0) is 83.5 Å². The van der Waals surface area contributed by atoms with Gasteiger partial charge in [-0.2, -0.15) is 0 Å². The quantitative estimate of drug-likeness (QED) is 0.0320. The van der Waals surface area contributed by atoms with Crippen molar-refractivity contribution in [2.75, 3.05) is 13.2 Å². The van der Waals surface area contributed by atoms with Gasteiger partial charge in [-0.1, -0.05) is 339 Å². The molecule has 470 valence electrons. The minimum Gasteiger partial charge on any atom is -0.466 e. The number of carbonyl (C=O) groups is 2. The van der Waals surface area contributed by atoms with Crippen LogP contribution in [0.5, 0.6) is 0 Å². The number of hydrogen-bond acceptors (Lipinski definition) is 5. The van der Waals surface area contributed by atoms with E-state index in [0.717, 1.165) is 57.8 Å². The number of aliphatic hydroxyl groups excluding tert-OH is 2. The summed E-state index contributed by atoms with van der Waals surface area (Å²) in [6.07, 6.45) is 90.3. The number of hydrogen-bond donors (Lipinski definition) is 3. The van der Waals surface area contributed by atoms with E-state index in [4.69, 9.17) is 4.74 Å². The fraction of sp³-hybridized carbons (Fsp3) is 0.865. The molecule has 1 amide bonds. The lowest BCUT2D eigenvalue weighted by Crippen LogP contribution is -2.45. The highest BCUT2D eigenvalue weighted by molar-refractivity contribution is 5.76. The molecule has 0 bridgehead atoms. The van der Waals surface area contributed by atoms with Crippen molar-refractivity contribution in [2.24, 2.45) is 0 Å². The molecule has 0 aliphatic carbocycles. The van der Waals surface area contributed by atoms with Crippen molar-refractivity contribution < 1.29 is 24.5 Å². The molecule has 0 spiro atoms. The Kier molecular flexibility index (Phi) is 67.4. The lowest BCUT2D eigenvalue weighted by atomic mass is 10.0. The molecule has 0 rings (SSSR count). The number of esters is 1. The lowest BCUT2D eigenvalue weighted by Gasteiger charge is -2.22. The highest BCUT2D eigenvalue weighted by Gasteiger charge is 2.20. The Morgan fingerprint density at radius 2 is 0.650 bits per heavy atom. The molecule has 0 aliphatic rings. The standard InChI is InChI=1S/C74H139NO5/c1-3-5-7-9-11-13-15-17-18-36-39-43-46-50-54-58-62-66-72(77)71(70-76)75-73(78)67-63-59-55-51-47-44-40-37-34-32-30-28-26-24-22-20-19-21-23-25-27-29-31-33-35-38-41-45-49-53-57-61-65-69-80-74(79)68-64-60-56-52-48-42-16-14-12-10-8-6-4-2/h8,10,14,16,23,25,29,31,71-72,76-77H,3-7,9,11-13,15,17-22,24,26-28,30,32-70H2,1-2H3,(H,75,78)/b10-8-,16-14-,25-23-,31-29-. The normalized spacial score (nSPS) is 12.8. The molecule has 0 aromatic carbocycles. The predicted octanol–water partition coefficient (Wildman–Crippen LogP) is 23.3. The number of nitrogens with one attached hydrogen (secondary N) is 1. The average molecular weight is 1120 g/mol. The van der Waals surface area contributed by atoms with E-state index in [9.17, 15) is 19.8 Å². The second kappa shape index (κ2) is 69.3. The molecule has 0 aliphatic heterocycles. The van der Waals surface area contributed by atoms with Gasteiger partial charge in [0.25, 0.3) is 0 Å². The molecule has 0 fully saturated rings. The van der Waals surface area contributed by atoms with Crippen molar-refractivity contribution in [3.8, 4) is 0 Å². The number of unbranched alkanes of at least 4 members (excludes halogenated alkanes) is 48. The monoisotopic (exact) mass is 1120 g/mol. The maximum Gasteiger partial charge on any atom is 0.305 e. The second-order valence-electron chi connectivity index (χ2n) is 24.6. The van der Waals surface area contributed by atoms with E-state index in [1.807, 2.05) is 0 Å². The Balaban J connectivity index is 3.38. The molecule has 0 aromatic heterocycles. The number of carbonyl (C=O) groups excluding carboxylic acids is 2. The molecule has 0 heterocycles. The Morgan fingerprint density at radius 3 is 1.00 bits per heavy atom. The van der Waals surface area contributed by atoms with Crippen LogP contribution in [0.4, 0.5) is 0 Å². The summed E-state index contributed by atoms with van der Waals surface area (Å²) in [4.78, 5) is 24.6. The number of allylic oxidation sites excluding steroid dienone is 8. The Bertz CT molecular complexity index is 1340. The van der Waals surface area contributed by atoms with Gasteiger partial charge in [0.2, 0.25) is 5.91 Å². The van der Waals surface area contributed by atoms with Gasteiger partial charge in [-0.25, -0.2) is 0 Å². The molecule has 0 aromatic rings. The highest BCUT2D eigenvalue weighted by atomic mass is 16.5. The molecule has 2 atom stereocenters. The van der Waals surface area contributed by atoms with Gasteiger partial charge in [0.1, 0.15) is 0 Å². The summed E-state index contributed by atoms with van der Waals surface area (Å²) < 4.78 is 5.47. The molecule has 3 N–H and O–H groups in total. The zero-order valence-corrected chi connectivity index (χ0v) is 53.8. The van der Waals surface area contributed by atoms with Crippen LogP contribution in [-0.2, 0) is 14.3 Å². The van der Waals surface area contributed by atoms with Crippen LogP contribution in [0, 0.1) is 0 Å². The van der Waals surface area contributed by atoms with Crippen LogP contribution in [0.25, 0.3) is 0 Å². The van der Waals surface area contributed by atoms with E-state index >= 15 is 0 Å². The van der Waals surface area contributed by atoms with E-state index in [1.165, 1.54) is 295 Å². The fourth-order valence-corrected chi connectivity index (χ4v) is 11.1. The number of aliphatic hydroxyl groups is 2. The molecular weight excluding hydrogens is 983 g/mol. The Hall–Kier alpha value is -2.18. The Morgan fingerprint density at radius 1 is 0.350 bits per heavy atom. The summed E-state index contributed by atoms with van der Waals surface area (Å²) in [5.41, 5.74) is 0. The molecular formula is C74H139NO5. The topological polar surface area (TPSA) is 95.9 Å². The van der Waals surface area contributed by atoms with E-state index < -0.39 is 12.1 Å². The maximum atomic E-state index is 12.5. The van der Waals surface area contributed by atoms with E-state index in [2.05, 4.69) is 67.8 Å². The number of amides is 1. The molecule has 2 unspecified atom stereocenters. The van der Waals surface area contributed by atoms with E-state index in [0.29, 0.717) is 25.9 Å². The second-order valence-corrected chi connectivity index (χ2v) is 24.6. The minimum absolute atomic E-state index is 0.00117. The van der Waals surface area contributed by atoms with E-state index in [-0.39, 0.29) is 18.5 Å². The van der Waals surface area contributed by atoms with Crippen molar-refractivity contribution in [3.05, 3.63) is 48.6 Å². The zero-order valence-electron chi connectivity index (χ0n) is 53.8. The van der Waals surface area contributed by atoms with Crippen LogP contribution >= 0.6 is 0 Å². The van der Waals surface area contributed by atoms with Crippen LogP contribution in [0.2, 0.25) is 0 Å². The largest absolute Gasteiger partial charge is 0.466 e. The Labute approximate surface area is 499 Å². The van der Waals surface area contributed by atoms with Crippen molar-refractivity contribution in [1.82, 2.24) is 5.32 Å². The van der Waals surface area contributed by atoms with Gasteiger partial charge in [0.15, 0.2) is 0 Å². The van der Waals surface area contributed by atoms with Gasteiger partial charge < -0.3 is 20.3 Å². The highest BCUT2D eigenvalue weighted by Crippen LogP contribution is 2.19.